The average molecular weight is 508 g/mol. The summed E-state index contributed by atoms with van der Waals surface area (Å²) in [5.74, 6) is -0.839. The van der Waals surface area contributed by atoms with Gasteiger partial charge in [-0.2, -0.15) is 16.8 Å². The summed E-state index contributed by atoms with van der Waals surface area (Å²) >= 11 is 0. The first-order valence-electron chi connectivity index (χ1n) is 8.08. The molecule has 0 fully saturated rings. The minimum Gasteiger partial charge on any atom is -0.591 e. The molecule has 0 aliphatic carbocycles. The Hall–Kier alpha value is -2.80. The maximum atomic E-state index is 12.6. The molecule has 2 aromatic carbocycles. The van der Waals surface area contributed by atoms with Crippen molar-refractivity contribution in [3.63, 3.8) is 0 Å². The Morgan fingerprint density at radius 3 is 2.23 bits per heavy atom. The van der Waals surface area contributed by atoms with Crippen molar-refractivity contribution in [3.8, 4) is 11.4 Å². The molecule has 3 rings (SSSR count). The Balaban J connectivity index is 0.00000341. The number of azo groups is 1. The Morgan fingerprint density at radius 1 is 1.06 bits per heavy atom. The van der Waals surface area contributed by atoms with Crippen molar-refractivity contribution < 1.29 is 53.5 Å². The molecule has 0 aliphatic heterocycles. The number of rotatable bonds is 5. The summed E-state index contributed by atoms with van der Waals surface area (Å²) in [6.45, 7) is 1.55. The molecule has 31 heavy (non-hydrogen) atoms. The predicted octanol–water partition coefficient (Wildman–Crippen LogP) is -0.101. The van der Waals surface area contributed by atoms with Gasteiger partial charge in [0.25, 0.3) is 10.1 Å². The van der Waals surface area contributed by atoms with Crippen LogP contribution in [0.3, 0.4) is 0 Å². The van der Waals surface area contributed by atoms with E-state index in [4.69, 9.17) is 5.11 Å². The molecule has 3 aromatic rings. The zero-order valence-corrected chi connectivity index (χ0v) is 18.5. The zero-order chi connectivity index (χ0) is 22.3. The van der Waals surface area contributed by atoms with Crippen LogP contribution in [0.1, 0.15) is 5.69 Å². The second-order valence-corrected chi connectivity index (χ2v) is 8.89. The second kappa shape index (κ2) is 8.75. The van der Waals surface area contributed by atoms with Gasteiger partial charge in [0.15, 0.2) is 4.90 Å². The number of aryl methyl sites for hydroxylation is 1. The topological polar surface area (TPSA) is 196 Å². The number of hydrogen-bond donors (Lipinski definition) is 4. The van der Waals surface area contributed by atoms with Crippen molar-refractivity contribution in [1.29, 1.82) is 0 Å². The van der Waals surface area contributed by atoms with Gasteiger partial charge in [0.2, 0.25) is 5.69 Å². The molecule has 0 aliphatic rings. The average Bonchev–Trinajstić information content (AvgIpc) is 2.93. The number of aromatic nitrogens is 2. The molecule has 164 valence electrons. The Labute approximate surface area is 186 Å². The maximum Gasteiger partial charge on any atom is 0.345 e. The largest absolute Gasteiger partial charge is 0.591 e. The van der Waals surface area contributed by atoms with E-state index in [2.05, 4.69) is 15.3 Å². The molecule has 6 N–H and O–H groups in total. The molecule has 0 saturated heterocycles. The second-order valence-electron chi connectivity index (χ2n) is 6.08. The summed E-state index contributed by atoms with van der Waals surface area (Å²) in [6.07, 6.45) is 0. The van der Waals surface area contributed by atoms with E-state index in [1.165, 1.54) is 4.68 Å². The van der Waals surface area contributed by atoms with Crippen LogP contribution in [0, 0.1) is 6.92 Å². The standard InChI is InChI=1S/C16H14N4O8S2.Cr/c1-9-14(16(22)20(19-9)10-5-3-2-4-6-10)18-17-12-7-11(29(23,24)25)8-13(15(12)21)30(26,27)28;/h2-8,19,21H,1H3,(H,23,24,25)(H,26,27,28);/p+2. The first-order valence-corrected chi connectivity index (χ1v) is 11.0. The summed E-state index contributed by atoms with van der Waals surface area (Å²) in [7, 11) is -9.87. The quantitative estimate of drug-likeness (QED) is 0.210. The van der Waals surface area contributed by atoms with Gasteiger partial charge in [0, 0.05) is 28.5 Å². The number of para-hydroxylation sites is 1. The van der Waals surface area contributed by atoms with Crippen LogP contribution in [0.4, 0.5) is 11.4 Å². The summed E-state index contributed by atoms with van der Waals surface area (Å²) in [5.41, 5.74) is -0.273. The number of H-pyrrole nitrogens is 1. The van der Waals surface area contributed by atoms with Crippen LogP contribution in [0.2, 0.25) is 0 Å². The van der Waals surface area contributed by atoms with Crippen LogP contribution in [-0.2, 0) is 37.6 Å². The summed E-state index contributed by atoms with van der Waals surface area (Å²) in [5, 5.41) is 16.8. The van der Waals surface area contributed by atoms with Crippen LogP contribution in [0.15, 0.2) is 62.2 Å². The summed E-state index contributed by atoms with van der Waals surface area (Å²) in [4.78, 5) is 10.7. The number of nitrogens with one attached hydrogen (secondary N) is 2. The number of hydrogen-bond acceptors (Lipinski definition) is 6. The molecule has 1 aromatic heterocycles. The molecule has 0 radical (unpaired) electrons. The minimum atomic E-state index is -4.99. The Kier molecular flexibility index (Phi) is 6.91. The van der Waals surface area contributed by atoms with Crippen molar-refractivity contribution in [3.05, 3.63) is 58.5 Å². The van der Waals surface area contributed by atoms with E-state index in [-0.39, 0.29) is 23.0 Å². The Bertz CT molecular complexity index is 1430. The zero-order valence-electron chi connectivity index (χ0n) is 15.6. The number of aromatic amines is 1. The smallest absolute Gasteiger partial charge is 0.345 e. The fourth-order valence-electron chi connectivity index (χ4n) is 2.57. The van der Waals surface area contributed by atoms with Crippen molar-refractivity contribution in [2.24, 2.45) is 5.11 Å². The van der Waals surface area contributed by atoms with Crippen LogP contribution < -0.4 is 10.7 Å². The monoisotopic (exact) mass is 508 g/mol. The summed E-state index contributed by atoms with van der Waals surface area (Å²) in [6, 6.07) is 9.71. The molecule has 0 unspecified atom stereocenters. The van der Waals surface area contributed by atoms with Crippen LogP contribution in [-0.4, -0.2) is 40.8 Å². The van der Waals surface area contributed by atoms with Gasteiger partial charge < -0.3 is 5.11 Å². The molecule has 15 heteroatoms. The van der Waals surface area contributed by atoms with Crippen LogP contribution >= 0.6 is 0 Å². The SMILES string of the molecule is Cc1[nH]n(-c2ccccc2)c(=O)c1[NH+]=Nc1cc(S(=O)(=O)O)cc(S(=O)(=O)O)c1[OH2+].[Cr]. The third kappa shape index (κ3) is 5.10. The van der Waals surface area contributed by atoms with E-state index in [0.717, 1.165) is 6.07 Å². The van der Waals surface area contributed by atoms with E-state index >= 15 is 0 Å². The van der Waals surface area contributed by atoms with Gasteiger partial charge in [-0.15, -0.1) is 0 Å². The van der Waals surface area contributed by atoms with Crippen molar-refractivity contribution in [2.45, 2.75) is 16.7 Å². The van der Waals surface area contributed by atoms with Gasteiger partial charge in [-0.3, -0.25) is 19.0 Å². The van der Waals surface area contributed by atoms with E-state index in [9.17, 15) is 30.7 Å². The van der Waals surface area contributed by atoms with Gasteiger partial charge in [0.05, 0.1) is 10.6 Å². The maximum absolute atomic E-state index is 12.6. The van der Waals surface area contributed by atoms with Crippen LogP contribution in [0.5, 0.6) is 5.75 Å². The van der Waals surface area contributed by atoms with Gasteiger partial charge in [-0.1, -0.05) is 23.3 Å². The molecule has 0 amide bonds. The number of benzene rings is 2. The van der Waals surface area contributed by atoms with Crippen molar-refractivity contribution in [1.82, 2.24) is 9.78 Å². The van der Waals surface area contributed by atoms with Gasteiger partial charge in [0.1, 0.15) is 5.69 Å². The normalized spacial score (nSPS) is 12.1. The van der Waals surface area contributed by atoms with Crippen molar-refractivity contribution >= 4 is 31.6 Å². The predicted molar refractivity (Wildman–Crippen MR) is 103 cm³/mol. The number of nitrogens with zero attached hydrogens (tertiary/aromatic N) is 2. The van der Waals surface area contributed by atoms with Crippen LogP contribution in [0.25, 0.3) is 5.69 Å². The molecule has 1 heterocycles. The van der Waals surface area contributed by atoms with Gasteiger partial charge >= 0.3 is 27.1 Å². The first-order chi connectivity index (χ1) is 13.9. The third-order valence-electron chi connectivity index (χ3n) is 4.00. The molecule has 12 nitrogen and oxygen atoms in total. The third-order valence-corrected chi connectivity index (χ3v) is 5.71. The fourth-order valence-corrected chi connectivity index (χ4v) is 3.81. The fraction of sp³-hybridized carbons (Fsp3) is 0.0625. The molecule has 0 spiro atoms. The van der Waals surface area contributed by atoms with E-state index in [1.807, 2.05) is 0 Å². The molecular weight excluding hydrogens is 492 g/mol. The van der Waals surface area contributed by atoms with Gasteiger partial charge in [-0.05, 0) is 25.1 Å². The first kappa shape index (κ1) is 24.5. The van der Waals surface area contributed by atoms with Gasteiger partial charge in [-0.25, -0.2) is 4.68 Å². The minimum absolute atomic E-state index is 0. The molecule has 0 atom stereocenters. The molecule has 0 saturated carbocycles. The molecular formula is C16H16CrN4O8S2+2. The molecule has 0 bridgehead atoms. The Morgan fingerprint density at radius 2 is 1.68 bits per heavy atom. The van der Waals surface area contributed by atoms with E-state index in [0.29, 0.717) is 17.4 Å². The van der Waals surface area contributed by atoms with E-state index in [1.54, 1.807) is 37.3 Å². The van der Waals surface area contributed by atoms with E-state index < -0.39 is 47.0 Å². The van der Waals surface area contributed by atoms with Crippen molar-refractivity contribution in [2.75, 3.05) is 0 Å². The summed E-state index contributed by atoms with van der Waals surface area (Å²) < 4.78 is 65.4.